The van der Waals surface area contributed by atoms with E-state index in [1.165, 1.54) is 6.33 Å². The molecule has 0 aliphatic rings. The van der Waals surface area contributed by atoms with Crippen molar-refractivity contribution in [2.75, 3.05) is 5.73 Å². The number of fused-ring (bicyclic) bond motifs is 2. The van der Waals surface area contributed by atoms with Gasteiger partial charge in [-0.1, -0.05) is 30.3 Å². The number of nitrogens with zero attached hydrogens (tertiary/aromatic N) is 6. The maximum atomic E-state index is 11.0. The van der Waals surface area contributed by atoms with Gasteiger partial charge in [-0.3, -0.25) is 9.19 Å². The van der Waals surface area contributed by atoms with Gasteiger partial charge in [-0.2, -0.15) is 5.10 Å². The number of nitrogen functional groups attached to an aromatic ring is 1. The lowest BCUT2D eigenvalue weighted by Crippen LogP contribution is -2.15. The monoisotopic (exact) mass is 523 g/mol. The normalized spacial score (nSPS) is 13.2. The zero-order chi connectivity index (χ0) is 26.2. The fourth-order valence-electron chi connectivity index (χ4n) is 4.81. The second-order valence-corrected chi connectivity index (χ2v) is 9.60. The van der Waals surface area contributed by atoms with Crippen LogP contribution < -0.4 is 10.5 Å². The zero-order valence-corrected chi connectivity index (χ0v) is 21.2. The molecule has 0 radical (unpaired) electrons. The Kier molecular flexibility index (Phi) is 6.16. The van der Waals surface area contributed by atoms with Gasteiger partial charge in [0.05, 0.1) is 22.8 Å². The van der Waals surface area contributed by atoms with Crippen molar-refractivity contribution in [3.05, 3.63) is 96.6 Å². The molecule has 6 rings (SSSR count). The van der Waals surface area contributed by atoms with Crippen LogP contribution in [0.3, 0.4) is 0 Å². The number of hydrogen-bond donors (Lipinski definition) is 2. The summed E-state index contributed by atoms with van der Waals surface area (Å²) in [7, 11) is 0. The van der Waals surface area contributed by atoms with E-state index < -0.39 is 11.3 Å². The Hall–Kier alpha value is -4.45. The molecule has 5 aromatic heterocycles. The van der Waals surface area contributed by atoms with E-state index in [9.17, 15) is 8.76 Å². The van der Waals surface area contributed by atoms with E-state index in [0.717, 1.165) is 33.6 Å². The third-order valence-electron chi connectivity index (χ3n) is 6.55. The van der Waals surface area contributed by atoms with E-state index in [1.807, 2.05) is 65.5 Å². The summed E-state index contributed by atoms with van der Waals surface area (Å²) in [4.78, 5) is 13.4. The topological polar surface area (TPSA) is 139 Å². The van der Waals surface area contributed by atoms with Crippen molar-refractivity contribution in [3.8, 4) is 22.6 Å². The minimum atomic E-state index is -2.36. The molecule has 2 atom stereocenters. The number of pyridine rings is 2. The first-order valence-corrected chi connectivity index (χ1v) is 13.0. The molecule has 0 fully saturated rings. The van der Waals surface area contributed by atoms with Gasteiger partial charge in [0.2, 0.25) is 0 Å². The van der Waals surface area contributed by atoms with Crippen molar-refractivity contribution in [1.29, 1.82) is 0 Å². The molecule has 0 amide bonds. The Morgan fingerprint density at radius 2 is 1.92 bits per heavy atom. The Morgan fingerprint density at radius 3 is 2.74 bits per heavy atom. The highest BCUT2D eigenvalue weighted by Crippen LogP contribution is 2.37. The molecular formula is C27H23N8O2S-. The van der Waals surface area contributed by atoms with Crippen LogP contribution in [0.2, 0.25) is 0 Å². The van der Waals surface area contributed by atoms with Crippen LogP contribution in [-0.2, 0) is 17.8 Å². The average molecular weight is 524 g/mol. The van der Waals surface area contributed by atoms with Crippen LogP contribution in [-0.4, -0.2) is 37.9 Å². The maximum absolute atomic E-state index is 11.0. The largest absolute Gasteiger partial charge is 0.760 e. The molecule has 0 saturated carbocycles. The van der Waals surface area contributed by atoms with E-state index in [2.05, 4.69) is 43.1 Å². The molecule has 0 saturated heterocycles. The van der Waals surface area contributed by atoms with Crippen LogP contribution in [0.4, 0.5) is 5.82 Å². The van der Waals surface area contributed by atoms with Crippen LogP contribution in [0.1, 0.15) is 24.1 Å². The predicted molar refractivity (Wildman–Crippen MR) is 145 cm³/mol. The summed E-state index contributed by atoms with van der Waals surface area (Å²) in [6, 6.07) is 21.3. The second kappa shape index (κ2) is 9.78. The number of anilines is 1. The van der Waals surface area contributed by atoms with E-state index in [4.69, 9.17) is 10.8 Å². The Morgan fingerprint density at radius 1 is 1.05 bits per heavy atom. The van der Waals surface area contributed by atoms with Gasteiger partial charge in [0.15, 0.2) is 5.65 Å². The van der Waals surface area contributed by atoms with Gasteiger partial charge in [0.25, 0.3) is 0 Å². The third-order valence-corrected chi connectivity index (χ3v) is 6.93. The van der Waals surface area contributed by atoms with Crippen LogP contribution in [0.15, 0.2) is 85.5 Å². The number of benzene rings is 1. The number of rotatable bonds is 7. The summed E-state index contributed by atoms with van der Waals surface area (Å²) < 4.78 is 28.4. The Bertz CT molecular complexity index is 1800. The van der Waals surface area contributed by atoms with Crippen LogP contribution in [0.25, 0.3) is 39.2 Å². The molecule has 6 aromatic rings. The summed E-state index contributed by atoms with van der Waals surface area (Å²) in [6.07, 6.45) is 5.24. The first-order valence-electron chi connectivity index (χ1n) is 11.9. The maximum Gasteiger partial charge on any atom is 0.164 e. The summed E-state index contributed by atoms with van der Waals surface area (Å²) in [5, 5.41) is 5.64. The molecule has 2 unspecified atom stereocenters. The summed E-state index contributed by atoms with van der Waals surface area (Å²) >= 11 is -2.36. The van der Waals surface area contributed by atoms with E-state index >= 15 is 0 Å². The zero-order valence-electron chi connectivity index (χ0n) is 20.4. The number of nitrogens with one attached hydrogen (secondary N) is 1. The molecule has 0 bridgehead atoms. The minimum Gasteiger partial charge on any atom is -0.760 e. The molecule has 0 spiro atoms. The van der Waals surface area contributed by atoms with Crippen molar-refractivity contribution < 1.29 is 8.76 Å². The van der Waals surface area contributed by atoms with E-state index in [1.54, 1.807) is 6.20 Å². The van der Waals surface area contributed by atoms with Gasteiger partial charge in [-0.05, 0) is 48.9 Å². The first kappa shape index (κ1) is 23.9. The fraction of sp³-hybridized carbons (Fsp3) is 0.111. The molecule has 1 aromatic carbocycles. The van der Waals surface area contributed by atoms with Gasteiger partial charge in [-0.15, -0.1) is 0 Å². The Balaban J connectivity index is 1.53. The molecule has 3 N–H and O–H groups in total. The molecule has 190 valence electrons. The third kappa shape index (κ3) is 4.22. The first-order chi connectivity index (χ1) is 18.5. The van der Waals surface area contributed by atoms with Crippen LogP contribution in [0, 0.1) is 0 Å². The lowest BCUT2D eigenvalue weighted by Gasteiger charge is -2.15. The van der Waals surface area contributed by atoms with Gasteiger partial charge in [-0.25, -0.2) is 19.4 Å². The van der Waals surface area contributed by atoms with E-state index in [-0.39, 0.29) is 12.6 Å². The molecular weight excluding hydrogens is 500 g/mol. The standard InChI is InChI=1S/C27H24N8O2S/c1-17(21-14-20-9-3-5-12-34(20)25(21)22-10-2-4-11-29-22)35-27-23(26(28)30-16-31-27)24(33-35)19-8-6-7-18(13-19)15-32-38(36)37/h2-14,16-17,32H,15H2,1H3,(H,36,37)(H2,28,30,31)/p-1. The van der Waals surface area contributed by atoms with Crippen LogP contribution in [0.5, 0.6) is 0 Å². The van der Waals surface area contributed by atoms with Gasteiger partial charge in [0, 0.05) is 46.8 Å². The lowest BCUT2D eigenvalue weighted by molar-refractivity contribution is 0.522. The van der Waals surface area contributed by atoms with Crippen molar-refractivity contribution >= 4 is 33.6 Å². The SMILES string of the molecule is CC(c1cc2ccccn2c1-c1ccccn1)n1nc(-c2cccc(CNS(=O)[O-])c2)c2c(N)ncnc21. The van der Waals surface area contributed by atoms with Gasteiger partial charge >= 0.3 is 0 Å². The van der Waals surface area contributed by atoms with Gasteiger partial charge < -0.3 is 14.7 Å². The molecule has 10 nitrogen and oxygen atoms in total. The highest BCUT2D eigenvalue weighted by Gasteiger charge is 2.25. The van der Waals surface area contributed by atoms with Crippen molar-refractivity contribution in [1.82, 2.24) is 33.9 Å². The van der Waals surface area contributed by atoms with Crippen molar-refractivity contribution in [2.45, 2.75) is 19.5 Å². The molecule has 0 aliphatic carbocycles. The molecule has 11 heteroatoms. The molecule has 0 aliphatic heterocycles. The number of aromatic nitrogens is 6. The van der Waals surface area contributed by atoms with Gasteiger partial charge in [0.1, 0.15) is 17.8 Å². The van der Waals surface area contributed by atoms with Crippen molar-refractivity contribution in [3.63, 3.8) is 0 Å². The molecule has 5 heterocycles. The second-order valence-electron chi connectivity index (χ2n) is 8.84. The highest BCUT2D eigenvalue weighted by atomic mass is 32.2. The van der Waals surface area contributed by atoms with E-state index in [0.29, 0.717) is 22.5 Å². The number of nitrogens with two attached hydrogens (primary N) is 1. The summed E-state index contributed by atoms with van der Waals surface area (Å²) in [5.74, 6) is 0.319. The lowest BCUT2D eigenvalue weighted by atomic mass is 10.1. The molecule has 38 heavy (non-hydrogen) atoms. The average Bonchev–Trinajstić information content (AvgIpc) is 3.52. The van der Waals surface area contributed by atoms with Crippen LogP contribution >= 0.6 is 0 Å². The summed E-state index contributed by atoms with van der Waals surface area (Å²) in [6.45, 7) is 2.23. The fourth-order valence-corrected chi connectivity index (χ4v) is 5.09. The quantitative estimate of drug-likeness (QED) is 0.303. The highest BCUT2D eigenvalue weighted by molar-refractivity contribution is 7.77. The Labute approximate surface area is 220 Å². The number of hydrogen-bond acceptors (Lipinski definition) is 7. The minimum absolute atomic E-state index is 0.162. The van der Waals surface area contributed by atoms with Crippen molar-refractivity contribution in [2.24, 2.45) is 0 Å². The predicted octanol–water partition coefficient (Wildman–Crippen LogP) is 3.88. The summed E-state index contributed by atoms with van der Waals surface area (Å²) in [5.41, 5.74) is 13.0. The smallest absolute Gasteiger partial charge is 0.164 e.